The van der Waals surface area contributed by atoms with Gasteiger partial charge in [-0.15, -0.1) is 4.80 Å². The van der Waals surface area contributed by atoms with E-state index in [0.29, 0.717) is 22.3 Å². The number of hydrogen-bond donors (Lipinski definition) is 1. The lowest BCUT2D eigenvalue weighted by Gasteiger charge is -2.21. The van der Waals surface area contributed by atoms with Gasteiger partial charge in [0.05, 0.1) is 30.0 Å². The Morgan fingerprint density at radius 3 is 2.81 bits per heavy atom. The summed E-state index contributed by atoms with van der Waals surface area (Å²) in [4.78, 5) is 21.6. The molecule has 4 heterocycles. The standard InChI is InChI=1S/C21H20N8OS/c1-28-8-4-14(5-9-28)18-17(13-2-3-13)19(31-27-18)21(30)26-16-10-15(11-22)20(23-12-16)29-24-6-7-25-29/h4,6-7,10,12-13H,2-3,5,8-9H2,1H3,(H,26,30). The number of carbonyl (C=O) groups excluding carboxylic acids is 1. The van der Waals surface area contributed by atoms with E-state index in [9.17, 15) is 10.1 Å². The zero-order valence-corrected chi connectivity index (χ0v) is 17.8. The molecule has 9 nitrogen and oxygen atoms in total. The number of rotatable bonds is 5. The minimum absolute atomic E-state index is 0.213. The maximum absolute atomic E-state index is 13.1. The number of carbonyl (C=O) groups is 1. The third kappa shape index (κ3) is 3.85. The van der Waals surface area contributed by atoms with Crippen molar-refractivity contribution in [3.05, 3.63) is 52.4 Å². The quantitative estimate of drug-likeness (QED) is 0.659. The third-order valence-corrected chi connectivity index (χ3v) is 6.35. The smallest absolute Gasteiger partial charge is 0.267 e. The Morgan fingerprint density at radius 2 is 2.13 bits per heavy atom. The zero-order chi connectivity index (χ0) is 21.4. The Kier molecular flexibility index (Phi) is 5.05. The molecule has 2 aliphatic rings. The largest absolute Gasteiger partial charge is 0.320 e. The van der Waals surface area contributed by atoms with Crippen LogP contribution in [-0.2, 0) is 0 Å². The fourth-order valence-corrected chi connectivity index (χ4v) is 4.60. The van der Waals surface area contributed by atoms with E-state index in [1.807, 2.05) is 0 Å². The molecule has 1 amide bonds. The average Bonchev–Trinajstić information content (AvgIpc) is 3.29. The molecular weight excluding hydrogens is 412 g/mol. The van der Waals surface area contributed by atoms with Crippen molar-refractivity contribution in [2.24, 2.45) is 0 Å². The van der Waals surface area contributed by atoms with Gasteiger partial charge in [-0.1, -0.05) is 6.08 Å². The van der Waals surface area contributed by atoms with Crippen LogP contribution in [0.5, 0.6) is 0 Å². The van der Waals surface area contributed by atoms with Gasteiger partial charge in [-0.25, -0.2) is 4.98 Å². The van der Waals surface area contributed by atoms with Gasteiger partial charge >= 0.3 is 0 Å². The van der Waals surface area contributed by atoms with Gasteiger partial charge in [0.15, 0.2) is 5.82 Å². The van der Waals surface area contributed by atoms with Crippen LogP contribution in [0.3, 0.4) is 0 Å². The number of hydrogen-bond acceptors (Lipinski definition) is 8. The van der Waals surface area contributed by atoms with Crippen LogP contribution < -0.4 is 5.32 Å². The Morgan fingerprint density at radius 1 is 1.32 bits per heavy atom. The summed E-state index contributed by atoms with van der Waals surface area (Å²) in [5, 5.41) is 20.4. The minimum atomic E-state index is -0.213. The molecule has 0 spiro atoms. The first kappa shape index (κ1) is 19.5. The van der Waals surface area contributed by atoms with Gasteiger partial charge in [0.1, 0.15) is 16.5 Å². The van der Waals surface area contributed by atoms with Crippen LogP contribution >= 0.6 is 11.5 Å². The fraction of sp³-hybridized carbons (Fsp3) is 0.333. The first-order valence-electron chi connectivity index (χ1n) is 10.1. The van der Waals surface area contributed by atoms with Gasteiger partial charge in [0, 0.05) is 18.7 Å². The van der Waals surface area contributed by atoms with Crippen molar-refractivity contribution >= 4 is 28.7 Å². The van der Waals surface area contributed by atoms with Crippen LogP contribution in [-0.4, -0.2) is 55.3 Å². The molecule has 1 saturated carbocycles. The number of pyridine rings is 1. The summed E-state index contributed by atoms with van der Waals surface area (Å²) in [5.74, 6) is 0.504. The number of amides is 1. The molecule has 1 aliphatic heterocycles. The third-order valence-electron chi connectivity index (χ3n) is 5.49. The van der Waals surface area contributed by atoms with Crippen LogP contribution in [0.1, 0.15) is 51.7 Å². The van der Waals surface area contributed by atoms with E-state index in [1.165, 1.54) is 40.5 Å². The zero-order valence-electron chi connectivity index (χ0n) is 16.9. The normalized spacial score (nSPS) is 16.6. The highest BCUT2D eigenvalue weighted by Gasteiger charge is 2.34. The lowest BCUT2D eigenvalue weighted by molar-refractivity contribution is 0.102. The van der Waals surface area contributed by atoms with Crippen LogP contribution in [0.2, 0.25) is 0 Å². The van der Waals surface area contributed by atoms with E-state index in [-0.39, 0.29) is 11.5 Å². The molecule has 5 rings (SSSR count). The van der Waals surface area contributed by atoms with E-state index in [2.05, 4.69) is 49.0 Å². The molecule has 0 saturated heterocycles. The molecule has 0 bridgehead atoms. The fourth-order valence-electron chi connectivity index (χ4n) is 3.71. The number of aromatic nitrogens is 5. The number of nitriles is 1. The van der Waals surface area contributed by atoms with E-state index in [4.69, 9.17) is 0 Å². The molecule has 0 radical (unpaired) electrons. The second kappa shape index (κ2) is 8.02. The van der Waals surface area contributed by atoms with Gasteiger partial charge in [-0.05, 0) is 55.4 Å². The summed E-state index contributed by atoms with van der Waals surface area (Å²) in [6, 6.07) is 3.68. The Bertz CT molecular complexity index is 1200. The van der Waals surface area contributed by atoms with Gasteiger partial charge in [0.2, 0.25) is 0 Å². The number of anilines is 1. The van der Waals surface area contributed by atoms with E-state index in [0.717, 1.165) is 43.6 Å². The predicted molar refractivity (Wildman–Crippen MR) is 116 cm³/mol. The lowest BCUT2D eigenvalue weighted by atomic mass is 9.98. The second-order valence-corrected chi connectivity index (χ2v) is 8.54. The molecule has 156 valence electrons. The summed E-state index contributed by atoms with van der Waals surface area (Å²) in [6.07, 6.45) is 9.87. The molecule has 1 aliphatic carbocycles. The molecule has 31 heavy (non-hydrogen) atoms. The number of likely N-dealkylation sites (N-methyl/N-ethyl adjacent to an activating group) is 1. The SMILES string of the molecule is CN1CC=C(c2nsc(C(=O)Nc3cnc(-n4nccn4)c(C#N)c3)c2C2CC2)CC1. The monoisotopic (exact) mass is 432 g/mol. The summed E-state index contributed by atoms with van der Waals surface area (Å²) < 4.78 is 4.68. The minimum Gasteiger partial charge on any atom is -0.320 e. The summed E-state index contributed by atoms with van der Waals surface area (Å²) in [6.45, 7) is 1.90. The van der Waals surface area contributed by atoms with Crippen molar-refractivity contribution in [3.63, 3.8) is 0 Å². The van der Waals surface area contributed by atoms with Crippen molar-refractivity contribution < 1.29 is 4.79 Å². The molecule has 3 aromatic rings. The molecule has 3 aromatic heterocycles. The molecule has 1 N–H and O–H groups in total. The molecule has 1 fully saturated rings. The van der Waals surface area contributed by atoms with Crippen molar-refractivity contribution in [1.29, 1.82) is 5.26 Å². The highest BCUT2D eigenvalue weighted by atomic mass is 32.1. The van der Waals surface area contributed by atoms with Crippen LogP contribution in [0.15, 0.2) is 30.7 Å². The van der Waals surface area contributed by atoms with Crippen molar-refractivity contribution in [3.8, 4) is 11.9 Å². The molecule has 0 atom stereocenters. The van der Waals surface area contributed by atoms with Crippen LogP contribution in [0, 0.1) is 11.3 Å². The summed E-state index contributed by atoms with van der Waals surface area (Å²) in [5.41, 5.74) is 4.02. The van der Waals surface area contributed by atoms with Crippen molar-refractivity contribution in [2.75, 3.05) is 25.5 Å². The number of nitrogens with one attached hydrogen (secondary N) is 1. The highest BCUT2D eigenvalue weighted by molar-refractivity contribution is 7.08. The number of nitrogens with zero attached hydrogens (tertiary/aromatic N) is 7. The first-order chi connectivity index (χ1) is 15.1. The van der Waals surface area contributed by atoms with Gasteiger partial charge < -0.3 is 10.2 Å². The van der Waals surface area contributed by atoms with E-state index < -0.39 is 0 Å². The topological polar surface area (TPSA) is 113 Å². The highest BCUT2D eigenvalue weighted by Crippen LogP contribution is 2.46. The molecule has 0 unspecified atom stereocenters. The van der Waals surface area contributed by atoms with Crippen LogP contribution in [0.25, 0.3) is 11.4 Å². The predicted octanol–water partition coefficient (Wildman–Crippen LogP) is 2.84. The molecular formula is C21H20N8OS. The summed E-state index contributed by atoms with van der Waals surface area (Å²) >= 11 is 1.25. The lowest BCUT2D eigenvalue weighted by Crippen LogP contribution is -2.24. The Balaban J connectivity index is 1.42. The van der Waals surface area contributed by atoms with Crippen molar-refractivity contribution in [1.82, 2.24) is 29.3 Å². The van der Waals surface area contributed by atoms with E-state index >= 15 is 0 Å². The molecule has 10 heteroatoms. The van der Waals surface area contributed by atoms with Gasteiger partial charge in [0.25, 0.3) is 5.91 Å². The maximum Gasteiger partial charge on any atom is 0.267 e. The van der Waals surface area contributed by atoms with E-state index in [1.54, 1.807) is 6.07 Å². The van der Waals surface area contributed by atoms with Gasteiger partial charge in [-0.3, -0.25) is 4.79 Å². The Labute approximate surface area is 183 Å². The maximum atomic E-state index is 13.1. The second-order valence-electron chi connectivity index (χ2n) is 7.77. The Hall–Kier alpha value is -3.42. The van der Waals surface area contributed by atoms with Gasteiger partial charge in [-0.2, -0.15) is 19.8 Å². The average molecular weight is 433 g/mol. The first-order valence-corrected chi connectivity index (χ1v) is 10.9. The van der Waals surface area contributed by atoms with Crippen LogP contribution in [0.4, 0.5) is 5.69 Å². The summed E-state index contributed by atoms with van der Waals surface area (Å²) in [7, 11) is 2.10. The van der Waals surface area contributed by atoms with Crippen molar-refractivity contribution in [2.45, 2.75) is 25.2 Å². The molecule has 0 aromatic carbocycles.